The summed E-state index contributed by atoms with van der Waals surface area (Å²) in [6.07, 6.45) is -3.99. The van der Waals surface area contributed by atoms with Crippen molar-refractivity contribution in [3.05, 3.63) is 34.3 Å². The number of aliphatic hydroxyl groups is 1. The van der Waals surface area contributed by atoms with Gasteiger partial charge in [-0.1, -0.05) is 17.7 Å². The lowest BCUT2D eigenvalue weighted by atomic mass is 10.0. The normalized spacial score (nSPS) is 11.8. The largest absolute Gasteiger partial charge is 0.416 e. The molecule has 1 aromatic carbocycles. The molecule has 1 rings (SSSR count). The number of rotatable bonds is 3. The maximum Gasteiger partial charge on any atom is 0.416 e. The van der Waals surface area contributed by atoms with Gasteiger partial charge in [-0.15, -0.1) is 0 Å². The van der Waals surface area contributed by atoms with Crippen molar-refractivity contribution in [3.63, 3.8) is 0 Å². The fraction of sp³-hybridized carbons (Fsp3) is 0.400. The van der Waals surface area contributed by atoms with Crippen LogP contribution in [0.25, 0.3) is 0 Å². The Labute approximate surface area is 90.5 Å². The average Bonchev–Trinajstić information content (AvgIpc) is 2.14. The van der Waals surface area contributed by atoms with Gasteiger partial charge in [0.15, 0.2) is 0 Å². The molecule has 0 bridgehead atoms. The Morgan fingerprint density at radius 2 is 1.93 bits per heavy atom. The van der Waals surface area contributed by atoms with Gasteiger partial charge in [0.05, 0.1) is 5.56 Å². The highest BCUT2D eigenvalue weighted by Crippen LogP contribution is 2.35. The number of hydrogen-bond acceptors (Lipinski definition) is 1. The fourth-order valence-corrected chi connectivity index (χ4v) is 1.60. The number of aliphatic hydroxyl groups excluding tert-OH is 1. The van der Waals surface area contributed by atoms with Crippen LogP contribution in [0.3, 0.4) is 0 Å². The highest BCUT2D eigenvalue weighted by atomic mass is 35.5. The summed E-state index contributed by atoms with van der Waals surface area (Å²) in [7, 11) is 0. The van der Waals surface area contributed by atoms with Crippen LogP contribution in [0.1, 0.15) is 17.5 Å². The quantitative estimate of drug-likeness (QED) is 0.857. The molecule has 0 amide bonds. The van der Waals surface area contributed by atoms with Crippen LogP contribution in [0.15, 0.2) is 18.2 Å². The molecule has 0 saturated heterocycles. The number of alkyl halides is 3. The third-order valence-corrected chi connectivity index (χ3v) is 2.36. The van der Waals surface area contributed by atoms with E-state index in [0.29, 0.717) is 0 Å². The molecule has 0 radical (unpaired) electrons. The summed E-state index contributed by atoms with van der Waals surface area (Å²) in [5.41, 5.74) is -0.663. The summed E-state index contributed by atoms with van der Waals surface area (Å²) in [5, 5.41) is 8.68. The van der Waals surface area contributed by atoms with Crippen LogP contribution in [0.4, 0.5) is 13.2 Å². The van der Waals surface area contributed by atoms with E-state index < -0.39 is 11.7 Å². The van der Waals surface area contributed by atoms with E-state index in [0.717, 1.165) is 6.07 Å². The summed E-state index contributed by atoms with van der Waals surface area (Å²) in [6.45, 7) is -0.150. The summed E-state index contributed by atoms with van der Waals surface area (Å²) in [6, 6.07) is 3.69. The maximum absolute atomic E-state index is 12.5. The Morgan fingerprint density at radius 1 is 1.27 bits per heavy atom. The molecule has 0 heterocycles. The number of halogens is 4. The van der Waals surface area contributed by atoms with E-state index in [1.165, 1.54) is 12.1 Å². The van der Waals surface area contributed by atoms with Crippen LogP contribution in [0.2, 0.25) is 5.02 Å². The predicted molar refractivity (Wildman–Crippen MR) is 51.9 cm³/mol. The molecule has 1 aromatic rings. The monoisotopic (exact) mass is 238 g/mol. The smallest absolute Gasteiger partial charge is 0.396 e. The lowest BCUT2D eigenvalue weighted by Gasteiger charge is -2.13. The van der Waals surface area contributed by atoms with Crippen molar-refractivity contribution in [2.75, 3.05) is 6.61 Å². The fourth-order valence-electron chi connectivity index (χ4n) is 1.33. The van der Waals surface area contributed by atoms with Gasteiger partial charge in [0.1, 0.15) is 0 Å². The zero-order valence-electron chi connectivity index (χ0n) is 7.81. The number of benzene rings is 1. The molecule has 0 aliphatic rings. The first-order chi connectivity index (χ1) is 6.96. The summed E-state index contributed by atoms with van der Waals surface area (Å²) >= 11 is 5.69. The van der Waals surface area contributed by atoms with Crippen LogP contribution < -0.4 is 0 Å². The lowest BCUT2D eigenvalue weighted by Crippen LogP contribution is -2.10. The molecule has 0 aliphatic carbocycles. The average molecular weight is 239 g/mol. The highest BCUT2D eigenvalue weighted by Gasteiger charge is 2.33. The third kappa shape index (κ3) is 3.11. The van der Waals surface area contributed by atoms with Crippen molar-refractivity contribution >= 4 is 11.6 Å². The predicted octanol–water partition coefficient (Wildman–Crippen LogP) is 3.28. The Kier molecular flexibility index (Phi) is 3.99. The van der Waals surface area contributed by atoms with E-state index in [1.54, 1.807) is 0 Å². The van der Waals surface area contributed by atoms with Crippen LogP contribution in [-0.2, 0) is 12.6 Å². The van der Waals surface area contributed by atoms with Crippen molar-refractivity contribution in [1.82, 2.24) is 0 Å². The van der Waals surface area contributed by atoms with E-state index in [4.69, 9.17) is 16.7 Å². The second kappa shape index (κ2) is 4.86. The van der Waals surface area contributed by atoms with Crippen LogP contribution in [0, 0.1) is 0 Å². The van der Waals surface area contributed by atoms with Crippen LogP contribution in [0.5, 0.6) is 0 Å². The van der Waals surface area contributed by atoms with E-state index >= 15 is 0 Å². The topological polar surface area (TPSA) is 20.2 Å². The molecule has 1 N–H and O–H groups in total. The molecule has 0 saturated carbocycles. The van der Waals surface area contributed by atoms with Gasteiger partial charge in [-0.2, -0.15) is 13.2 Å². The minimum atomic E-state index is -4.39. The van der Waals surface area contributed by atoms with Crippen molar-refractivity contribution < 1.29 is 18.3 Å². The molecule has 1 nitrogen and oxygen atoms in total. The summed E-state index contributed by atoms with van der Waals surface area (Å²) in [5.74, 6) is 0. The Bertz CT molecular complexity index is 336. The molecule has 0 spiro atoms. The second-order valence-electron chi connectivity index (χ2n) is 3.09. The number of hydrogen-bond donors (Lipinski definition) is 1. The van der Waals surface area contributed by atoms with Gasteiger partial charge in [-0.05, 0) is 30.5 Å². The van der Waals surface area contributed by atoms with Crippen molar-refractivity contribution in [2.24, 2.45) is 0 Å². The van der Waals surface area contributed by atoms with E-state index in [1.807, 2.05) is 0 Å². The third-order valence-electron chi connectivity index (χ3n) is 2.01. The van der Waals surface area contributed by atoms with E-state index in [9.17, 15) is 13.2 Å². The lowest BCUT2D eigenvalue weighted by molar-refractivity contribution is -0.138. The molecule has 5 heteroatoms. The molecular weight excluding hydrogens is 229 g/mol. The minimum Gasteiger partial charge on any atom is -0.396 e. The van der Waals surface area contributed by atoms with Gasteiger partial charge in [0.25, 0.3) is 0 Å². The first-order valence-electron chi connectivity index (χ1n) is 4.42. The van der Waals surface area contributed by atoms with Crippen molar-refractivity contribution in [1.29, 1.82) is 0 Å². The Hall–Kier alpha value is -0.740. The van der Waals surface area contributed by atoms with Gasteiger partial charge in [0, 0.05) is 11.6 Å². The van der Waals surface area contributed by atoms with Crippen LogP contribution >= 0.6 is 11.6 Å². The molecular formula is C10H10ClF3O. The van der Waals surface area contributed by atoms with Gasteiger partial charge in [-0.25, -0.2) is 0 Å². The molecule has 84 valence electrons. The van der Waals surface area contributed by atoms with E-state index in [-0.39, 0.29) is 30.0 Å². The Morgan fingerprint density at radius 3 is 2.47 bits per heavy atom. The summed E-state index contributed by atoms with van der Waals surface area (Å²) in [4.78, 5) is 0. The molecule has 0 atom stereocenters. The molecule has 0 aliphatic heterocycles. The minimum absolute atomic E-state index is 0.0562. The first-order valence-corrected chi connectivity index (χ1v) is 4.80. The maximum atomic E-state index is 12.5. The SMILES string of the molecule is OCCCc1c(Cl)cccc1C(F)(F)F. The molecule has 15 heavy (non-hydrogen) atoms. The van der Waals surface area contributed by atoms with Gasteiger partial charge >= 0.3 is 6.18 Å². The van der Waals surface area contributed by atoms with E-state index in [2.05, 4.69) is 0 Å². The molecule has 0 unspecified atom stereocenters. The van der Waals surface area contributed by atoms with Crippen molar-refractivity contribution in [3.8, 4) is 0 Å². The van der Waals surface area contributed by atoms with Crippen LogP contribution in [-0.4, -0.2) is 11.7 Å². The Balaban J connectivity index is 3.09. The standard InChI is InChI=1S/C10H10ClF3O/c11-9-5-1-4-8(10(12,13)14)7(9)3-2-6-15/h1,4-5,15H,2-3,6H2. The molecule has 0 aromatic heterocycles. The first kappa shape index (κ1) is 12.3. The highest BCUT2D eigenvalue weighted by molar-refractivity contribution is 6.31. The van der Waals surface area contributed by atoms with Crippen molar-refractivity contribution in [2.45, 2.75) is 19.0 Å². The molecule has 0 fully saturated rings. The van der Waals surface area contributed by atoms with Gasteiger partial charge in [-0.3, -0.25) is 0 Å². The zero-order chi connectivity index (χ0) is 11.5. The second-order valence-corrected chi connectivity index (χ2v) is 3.50. The van der Waals surface area contributed by atoms with Gasteiger partial charge in [0.2, 0.25) is 0 Å². The summed E-state index contributed by atoms with van der Waals surface area (Å²) < 4.78 is 37.6. The van der Waals surface area contributed by atoms with Gasteiger partial charge < -0.3 is 5.11 Å². The zero-order valence-corrected chi connectivity index (χ0v) is 8.57.